The summed E-state index contributed by atoms with van der Waals surface area (Å²) in [6.07, 6.45) is -2.42. The van der Waals surface area contributed by atoms with Crippen LogP contribution >= 0.6 is 0 Å². The predicted octanol–water partition coefficient (Wildman–Crippen LogP) is 4.49. The van der Waals surface area contributed by atoms with Gasteiger partial charge in [0.15, 0.2) is 0 Å². The molecule has 1 heterocycles. The summed E-state index contributed by atoms with van der Waals surface area (Å²) in [4.78, 5) is 12.2. The zero-order chi connectivity index (χ0) is 19.4. The lowest BCUT2D eigenvalue weighted by molar-refractivity contribution is -0.137. The fraction of sp³-hybridized carbons (Fsp3) is 0.250. The molecule has 0 aliphatic carbocycles. The fourth-order valence-corrected chi connectivity index (χ4v) is 2.86. The van der Waals surface area contributed by atoms with Crippen LogP contribution in [0.3, 0.4) is 0 Å². The molecule has 0 aliphatic heterocycles. The Balaban J connectivity index is 1.65. The van der Waals surface area contributed by atoms with Gasteiger partial charge in [0.25, 0.3) is 0 Å². The molecule has 27 heavy (non-hydrogen) atoms. The van der Waals surface area contributed by atoms with Crippen LogP contribution in [0.4, 0.5) is 18.9 Å². The van der Waals surface area contributed by atoms with E-state index in [2.05, 4.69) is 9.88 Å². The molecule has 4 nitrogen and oxygen atoms in total. The number of carbonyl (C=O) groups excluding carboxylic acids is 1. The Bertz CT molecular complexity index is 931. The van der Waals surface area contributed by atoms with Crippen molar-refractivity contribution in [2.24, 2.45) is 0 Å². The molecule has 0 atom stereocenters. The molecule has 1 aromatic heterocycles. The van der Waals surface area contributed by atoms with Crippen molar-refractivity contribution in [2.45, 2.75) is 19.1 Å². The maximum atomic E-state index is 12.6. The van der Waals surface area contributed by atoms with Gasteiger partial charge >= 0.3 is 6.18 Å². The molecule has 0 radical (unpaired) electrons. The minimum Gasteiger partial charge on any atom is -0.383 e. The summed E-state index contributed by atoms with van der Waals surface area (Å²) < 4.78 is 44.9. The summed E-state index contributed by atoms with van der Waals surface area (Å²) in [5, 5.41) is 3.77. The van der Waals surface area contributed by atoms with Crippen molar-refractivity contribution < 1.29 is 22.7 Å². The van der Waals surface area contributed by atoms with Gasteiger partial charge < -0.3 is 14.6 Å². The number of fused-ring (bicyclic) bond motifs is 1. The van der Waals surface area contributed by atoms with Gasteiger partial charge in [0.1, 0.15) is 0 Å². The molecule has 3 rings (SSSR count). The highest BCUT2D eigenvalue weighted by Gasteiger charge is 2.29. The first-order valence-electron chi connectivity index (χ1n) is 8.40. The quantitative estimate of drug-likeness (QED) is 0.689. The Morgan fingerprint density at radius 1 is 1.11 bits per heavy atom. The summed E-state index contributed by atoms with van der Waals surface area (Å²) in [6.45, 7) is 1.34. The van der Waals surface area contributed by atoms with Gasteiger partial charge in [0, 0.05) is 36.4 Å². The van der Waals surface area contributed by atoms with Gasteiger partial charge in [-0.2, -0.15) is 13.2 Å². The Labute approximate surface area is 154 Å². The van der Waals surface area contributed by atoms with E-state index in [-0.39, 0.29) is 12.3 Å². The number of anilines is 1. The first-order chi connectivity index (χ1) is 12.9. The molecule has 0 aliphatic rings. The lowest BCUT2D eigenvalue weighted by Crippen LogP contribution is -2.14. The molecule has 0 unspecified atom stereocenters. The number of ether oxygens (including phenoxy) is 1. The Hall–Kier alpha value is -2.80. The van der Waals surface area contributed by atoms with E-state index in [1.54, 1.807) is 13.2 Å². The molecule has 0 saturated heterocycles. The zero-order valence-corrected chi connectivity index (χ0v) is 14.7. The molecule has 3 aromatic rings. The molecule has 7 heteroatoms. The van der Waals surface area contributed by atoms with Crippen molar-refractivity contribution in [1.82, 2.24) is 4.57 Å². The number of carbonyl (C=O) groups is 1. The highest BCUT2D eigenvalue weighted by atomic mass is 19.4. The van der Waals surface area contributed by atoms with E-state index in [4.69, 9.17) is 4.74 Å². The van der Waals surface area contributed by atoms with Gasteiger partial charge in [0.05, 0.1) is 18.6 Å². The van der Waals surface area contributed by atoms with Crippen LogP contribution in [0.1, 0.15) is 11.1 Å². The number of methoxy groups -OCH3 is 1. The van der Waals surface area contributed by atoms with Gasteiger partial charge in [-0.3, -0.25) is 4.79 Å². The second-order valence-electron chi connectivity index (χ2n) is 6.20. The van der Waals surface area contributed by atoms with Crippen LogP contribution in [0, 0.1) is 0 Å². The summed E-state index contributed by atoms with van der Waals surface area (Å²) in [7, 11) is 1.65. The Morgan fingerprint density at radius 3 is 2.52 bits per heavy atom. The van der Waals surface area contributed by atoms with E-state index in [9.17, 15) is 18.0 Å². The third kappa shape index (κ3) is 4.68. The van der Waals surface area contributed by atoms with Gasteiger partial charge in [-0.15, -0.1) is 0 Å². The lowest BCUT2D eigenvalue weighted by atomic mass is 10.1. The van der Waals surface area contributed by atoms with E-state index < -0.39 is 11.7 Å². The number of hydrogen-bond acceptors (Lipinski definition) is 2. The van der Waals surface area contributed by atoms with Crippen LogP contribution in [0.5, 0.6) is 0 Å². The third-order valence-electron chi connectivity index (χ3n) is 4.24. The van der Waals surface area contributed by atoms with Crippen LogP contribution in [0.2, 0.25) is 0 Å². The molecule has 0 saturated carbocycles. The fourth-order valence-electron chi connectivity index (χ4n) is 2.86. The van der Waals surface area contributed by atoms with Gasteiger partial charge in [-0.25, -0.2) is 0 Å². The molecular weight excluding hydrogens is 357 g/mol. The topological polar surface area (TPSA) is 43.3 Å². The minimum absolute atomic E-state index is 0.00499. The van der Waals surface area contributed by atoms with Crippen molar-refractivity contribution in [3.8, 4) is 0 Å². The Kier molecular flexibility index (Phi) is 5.51. The number of rotatable bonds is 6. The number of benzene rings is 2. The van der Waals surface area contributed by atoms with Crippen LogP contribution < -0.4 is 5.32 Å². The highest BCUT2D eigenvalue weighted by Crippen LogP contribution is 2.29. The minimum atomic E-state index is -4.38. The normalized spacial score (nSPS) is 11.7. The standard InChI is InChI=1S/C20H19F3N2O2/c1-27-11-10-25-9-8-15-13-17(6-7-18(15)25)24-19(26)12-14-2-4-16(5-3-14)20(21,22)23/h2-9,13H,10-12H2,1H3,(H,24,26). The maximum absolute atomic E-state index is 12.6. The van der Waals surface area contributed by atoms with Crippen molar-refractivity contribution in [2.75, 3.05) is 19.0 Å². The molecule has 142 valence electrons. The lowest BCUT2D eigenvalue weighted by Gasteiger charge is -2.09. The first kappa shape index (κ1) is 19.0. The Morgan fingerprint density at radius 2 is 1.85 bits per heavy atom. The second-order valence-corrected chi connectivity index (χ2v) is 6.20. The van der Waals surface area contributed by atoms with Crippen molar-refractivity contribution in [1.29, 1.82) is 0 Å². The van der Waals surface area contributed by atoms with E-state index in [1.807, 2.05) is 24.4 Å². The molecule has 0 spiro atoms. The third-order valence-corrected chi connectivity index (χ3v) is 4.24. The summed E-state index contributed by atoms with van der Waals surface area (Å²) in [6, 6.07) is 12.1. The van der Waals surface area contributed by atoms with Crippen LogP contribution in [0.15, 0.2) is 54.7 Å². The first-order valence-corrected chi connectivity index (χ1v) is 8.40. The number of alkyl halides is 3. The van der Waals surface area contributed by atoms with E-state index in [1.165, 1.54) is 12.1 Å². The van der Waals surface area contributed by atoms with Crippen LogP contribution in [-0.4, -0.2) is 24.2 Å². The summed E-state index contributed by atoms with van der Waals surface area (Å²) >= 11 is 0. The smallest absolute Gasteiger partial charge is 0.383 e. The number of nitrogens with one attached hydrogen (secondary N) is 1. The van der Waals surface area contributed by atoms with Gasteiger partial charge in [-0.1, -0.05) is 12.1 Å². The maximum Gasteiger partial charge on any atom is 0.416 e. The van der Waals surface area contributed by atoms with Crippen molar-refractivity contribution in [3.05, 3.63) is 65.9 Å². The molecule has 0 fully saturated rings. The van der Waals surface area contributed by atoms with E-state index in [0.29, 0.717) is 17.9 Å². The predicted molar refractivity (Wildman–Crippen MR) is 97.6 cm³/mol. The monoisotopic (exact) mass is 376 g/mol. The summed E-state index contributed by atoms with van der Waals surface area (Å²) in [5.41, 5.74) is 1.47. The number of nitrogens with zero attached hydrogens (tertiary/aromatic N) is 1. The van der Waals surface area contributed by atoms with Crippen molar-refractivity contribution in [3.63, 3.8) is 0 Å². The number of aromatic nitrogens is 1. The van der Waals surface area contributed by atoms with Crippen LogP contribution in [0.25, 0.3) is 10.9 Å². The molecule has 1 N–H and O–H groups in total. The summed E-state index contributed by atoms with van der Waals surface area (Å²) in [5.74, 6) is -0.284. The van der Waals surface area contributed by atoms with E-state index in [0.717, 1.165) is 29.6 Å². The zero-order valence-electron chi connectivity index (χ0n) is 14.7. The molecule has 0 bridgehead atoms. The molecular formula is C20H19F3N2O2. The second kappa shape index (κ2) is 7.84. The van der Waals surface area contributed by atoms with Gasteiger partial charge in [0.2, 0.25) is 5.91 Å². The average Bonchev–Trinajstić information content (AvgIpc) is 3.01. The average molecular weight is 376 g/mol. The number of halogens is 3. The van der Waals surface area contributed by atoms with Crippen LogP contribution in [-0.2, 0) is 28.7 Å². The SMILES string of the molecule is COCCn1ccc2cc(NC(=O)Cc3ccc(C(F)(F)F)cc3)ccc21. The largest absolute Gasteiger partial charge is 0.416 e. The highest BCUT2D eigenvalue weighted by molar-refractivity contribution is 5.95. The number of amides is 1. The van der Waals surface area contributed by atoms with E-state index >= 15 is 0 Å². The number of hydrogen-bond donors (Lipinski definition) is 1. The van der Waals surface area contributed by atoms with Crippen molar-refractivity contribution >= 4 is 22.5 Å². The van der Waals surface area contributed by atoms with Gasteiger partial charge in [-0.05, 0) is 42.0 Å². The molecule has 1 amide bonds. The molecule has 2 aromatic carbocycles.